The van der Waals surface area contributed by atoms with Gasteiger partial charge < -0.3 is 30.0 Å². The molecule has 224 valence electrons. The fourth-order valence-corrected chi connectivity index (χ4v) is 5.35. The van der Waals surface area contributed by atoms with Crippen molar-refractivity contribution < 1.29 is 29.0 Å². The molecule has 1 aromatic heterocycles. The normalized spacial score (nSPS) is 23.0. The molecule has 1 unspecified atom stereocenters. The number of nitrogens with zero attached hydrogens (tertiary/aromatic N) is 2. The van der Waals surface area contributed by atoms with Gasteiger partial charge >= 0.3 is 5.97 Å². The first kappa shape index (κ1) is 31.6. The molecule has 2 heterocycles. The fourth-order valence-electron chi connectivity index (χ4n) is 5.35. The molecule has 3 N–H and O–H groups in total. The number of pyridine rings is 1. The van der Waals surface area contributed by atoms with E-state index in [0.29, 0.717) is 22.7 Å². The Hall–Kier alpha value is -4.38. The van der Waals surface area contributed by atoms with Crippen LogP contribution in [-0.4, -0.2) is 78.1 Å². The Morgan fingerprint density at radius 3 is 2.51 bits per heavy atom. The van der Waals surface area contributed by atoms with Crippen molar-refractivity contribution in [2.45, 2.75) is 57.3 Å². The second kappa shape index (κ2) is 13.3. The minimum Gasteiger partial charge on any atom is -0.497 e. The number of carbonyl (C=O) groups is 3. The zero-order chi connectivity index (χ0) is 31.3. The smallest absolute Gasteiger partial charge is 0.330 e. The van der Waals surface area contributed by atoms with Crippen LogP contribution in [0.25, 0.3) is 22.2 Å². The Kier molecular flexibility index (Phi) is 9.75. The third kappa shape index (κ3) is 6.36. The number of carbonyl (C=O) groups excluding carboxylic acids is 2. The van der Waals surface area contributed by atoms with Crippen molar-refractivity contribution in [3.63, 3.8) is 0 Å². The highest BCUT2D eigenvalue weighted by Gasteiger charge is 2.61. The predicted octanol–water partition coefficient (Wildman–Crippen LogP) is 3.49. The summed E-state index contributed by atoms with van der Waals surface area (Å²) in [6, 6.07) is 15.3. The first-order valence-corrected chi connectivity index (χ1v) is 14.4. The number of ether oxygens (including phenoxy) is 2. The van der Waals surface area contributed by atoms with Gasteiger partial charge in [-0.15, -0.1) is 6.58 Å². The van der Waals surface area contributed by atoms with Crippen LogP contribution >= 0.6 is 0 Å². The molecule has 10 nitrogen and oxygen atoms in total. The van der Waals surface area contributed by atoms with E-state index in [2.05, 4.69) is 17.1 Å². The van der Waals surface area contributed by atoms with Gasteiger partial charge in [-0.2, -0.15) is 0 Å². The zero-order valence-corrected chi connectivity index (χ0v) is 24.9. The van der Waals surface area contributed by atoms with Crippen LogP contribution in [0.2, 0.25) is 0 Å². The van der Waals surface area contributed by atoms with Gasteiger partial charge in [0, 0.05) is 35.4 Å². The van der Waals surface area contributed by atoms with Gasteiger partial charge in [0.05, 0.1) is 30.9 Å². The molecule has 3 aromatic rings. The van der Waals surface area contributed by atoms with Crippen molar-refractivity contribution in [3.05, 3.63) is 67.3 Å². The van der Waals surface area contributed by atoms with E-state index in [1.165, 1.54) is 11.0 Å². The molecule has 0 spiro atoms. The van der Waals surface area contributed by atoms with Crippen molar-refractivity contribution in [2.75, 3.05) is 13.7 Å². The third-order valence-corrected chi connectivity index (χ3v) is 7.84. The molecule has 2 aromatic carbocycles. The SMILES string of the molecule is CC.[B]N[C@@H](C)C(=O)N1CC(Oc2cc(-c3ccccc3)nc3cc(OC)ccc23)C[C@H]1C(=O)N[C@]1(C(=O)O)C[C@@H]1C=C. The van der Waals surface area contributed by atoms with Gasteiger partial charge in [0.15, 0.2) is 7.98 Å². The minimum atomic E-state index is -1.42. The zero-order valence-electron chi connectivity index (χ0n) is 24.9. The lowest BCUT2D eigenvalue weighted by Gasteiger charge is -2.27. The number of aliphatic carboxylic acids is 1. The number of amides is 2. The highest BCUT2D eigenvalue weighted by molar-refractivity contribution is 6.07. The molecule has 1 aliphatic carbocycles. The van der Waals surface area contributed by atoms with Gasteiger partial charge in [0.1, 0.15) is 29.2 Å². The van der Waals surface area contributed by atoms with Gasteiger partial charge in [-0.1, -0.05) is 50.3 Å². The topological polar surface area (TPSA) is 130 Å². The van der Waals surface area contributed by atoms with Crippen molar-refractivity contribution in [2.24, 2.45) is 5.92 Å². The molecular weight excluding hydrogens is 547 g/mol. The molecule has 1 saturated heterocycles. The van der Waals surface area contributed by atoms with Gasteiger partial charge in [-0.3, -0.25) is 9.59 Å². The third-order valence-electron chi connectivity index (χ3n) is 7.84. The van der Waals surface area contributed by atoms with E-state index in [-0.39, 0.29) is 25.3 Å². The maximum atomic E-state index is 13.5. The van der Waals surface area contributed by atoms with Crippen molar-refractivity contribution >= 4 is 36.7 Å². The Morgan fingerprint density at radius 1 is 1.19 bits per heavy atom. The number of hydrogen-bond donors (Lipinski definition) is 3. The predicted molar refractivity (Wildman–Crippen MR) is 165 cm³/mol. The highest BCUT2D eigenvalue weighted by atomic mass is 16.5. The second-order valence-electron chi connectivity index (χ2n) is 10.4. The molecule has 5 atom stereocenters. The minimum absolute atomic E-state index is 0.106. The molecule has 1 saturated carbocycles. The van der Waals surface area contributed by atoms with Crippen LogP contribution in [0, 0.1) is 5.92 Å². The number of nitrogens with one attached hydrogen (secondary N) is 2. The lowest BCUT2D eigenvalue weighted by atomic mass is 10.1. The molecule has 2 radical (unpaired) electrons. The van der Waals surface area contributed by atoms with Gasteiger partial charge in [-0.25, -0.2) is 9.78 Å². The highest BCUT2D eigenvalue weighted by Crippen LogP contribution is 2.45. The lowest BCUT2D eigenvalue weighted by Crippen LogP contribution is -2.55. The molecule has 2 aliphatic rings. The maximum Gasteiger partial charge on any atom is 0.330 e. The van der Waals surface area contributed by atoms with Crippen LogP contribution in [0.1, 0.15) is 33.6 Å². The Bertz CT molecular complexity index is 1500. The van der Waals surface area contributed by atoms with Crippen molar-refractivity contribution in [1.82, 2.24) is 20.4 Å². The summed E-state index contributed by atoms with van der Waals surface area (Å²) < 4.78 is 11.9. The molecule has 5 rings (SSSR count). The van der Waals surface area contributed by atoms with E-state index in [4.69, 9.17) is 22.4 Å². The van der Waals surface area contributed by atoms with Gasteiger partial charge in [0.2, 0.25) is 11.8 Å². The monoisotopic (exact) mass is 584 g/mol. The molecule has 11 heteroatoms. The van der Waals surface area contributed by atoms with Gasteiger partial charge in [-0.05, 0) is 25.5 Å². The fraction of sp³-hybridized carbons (Fsp3) is 0.375. The number of aromatic nitrogens is 1. The van der Waals surface area contributed by atoms with E-state index in [1.807, 2.05) is 68.4 Å². The van der Waals surface area contributed by atoms with E-state index >= 15 is 0 Å². The Balaban J connectivity index is 0.00000207. The van der Waals surface area contributed by atoms with Crippen LogP contribution in [-0.2, 0) is 14.4 Å². The van der Waals surface area contributed by atoms with Crippen LogP contribution in [0.15, 0.2) is 67.3 Å². The number of hydrogen-bond acceptors (Lipinski definition) is 7. The average molecular weight is 584 g/mol. The standard InChI is InChI=1S/C30H31BN4O6.C2H6/c1-4-19-15-30(19,29(38)39)33-27(36)25-13-21(16-35(25)28(37)17(2)34-31)41-26-14-23(18-8-6-5-7-9-18)32-24-12-20(40-3)10-11-22(24)26;1-2/h4-12,14,17,19,21,25,34H,1,13,15-16H2,2-3H3,(H,33,36)(H,38,39);1-2H3/t17-,19-,21?,25-,30+;/m0./s1. The summed E-state index contributed by atoms with van der Waals surface area (Å²) in [7, 11) is 7.11. The Morgan fingerprint density at radius 2 is 1.91 bits per heavy atom. The largest absolute Gasteiger partial charge is 0.497 e. The number of rotatable bonds is 10. The van der Waals surface area contributed by atoms with Crippen LogP contribution in [0.3, 0.4) is 0 Å². The van der Waals surface area contributed by atoms with E-state index < -0.39 is 41.5 Å². The van der Waals surface area contributed by atoms with Gasteiger partial charge in [0.25, 0.3) is 0 Å². The number of benzene rings is 2. The van der Waals surface area contributed by atoms with Crippen LogP contribution in [0.4, 0.5) is 0 Å². The number of likely N-dealkylation sites (tertiary alicyclic amines) is 1. The summed E-state index contributed by atoms with van der Waals surface area (Å²) >= 11 is 0. The summed E-state index contributed by atoms with van der Waals surface area (Å²) in [6.45, 7) is 9.37. The lowest BCUT2D eigenvalue weighted by molar-refractivity contribution is -0.145. The summed E-state index contributed by atoms with van der Waals surface area (Å²) in [5.74, 6) is -1.30. The molecular formula is C32H37BN4O6. The van der Waals surface area contributed by atoms with Crippen molar-refractivity contribution in [3.8, 4) is 22.8 Å². The second-order valence-corrected chi connectivity index (χ2v) is 10.4. The van der Waals surface area contributed by atoms with Crippen LogP contribution < -0.4 is 20.0 Å². The average Bonchev–Trinajstić information content (AvgIpc) is 3.60. The molecule has 43 heavy (non-hydrogen) atoms. The first-order valence-electron chi connectivity index (χ1n) is 14.4. The number of carboxylic acid groups (broad SMARTS) is 1. The summed E-state index contributed by atoms with van der Waals surface area (Å²) in [5, 5.41) is 15.6. The van der Waals surface area contributed by atoms with E-state index in [1.54, 1.807) is 14.0 Å². The number of methoxy groups -OCH3 is 1. The summed E-state index contributed by atoms with van der Waals surface area (Å²) in [4.78, 5) is 44.9. The van der Waals surface area contributed by atoms with Crippen molar-refractivity contribution in [1.29, 1.82) is 0 Å². The molecule has 2 amide bonds. The molecule has 0 bridgehead atoms. The molecule has 1 aliphatic heterocycles. The van der Waals surface area contributed by atoms with E-state index in [9.17, 15) is 19.5 Å². The summed E-state index contributed by atoms with van der Waals surface area (Å²) in [5.41, 5.74) is 0.824. The maximum absolute atomic E-state index is 13.5. The molecule has 2 fully saturated rings. The quantitative estimate of drug-likeness (QED) is 0.244. The Labute approximate surface area is 252 Å². The number of fused-ring (bicyclic) bond motifs is 1. The van der Waals surface area contributed by atoms with E-state index in [0.717, 1.165) is 10.9 Å². The first-order chi connectivity index (χ1) is 20.7. The summed E-state index contributed by atoms with van der Waals surface area (Å²) in [6.07, 6.45) is 1.36. The van der Waals surface area contributed by atoms with Crippen LogP contribution in [0.5, 0.6) is 11.5 Å². The number of carboxylic acids is 1.